The van der Waals surface area contributed by atoms with E-state index in [9.17, 15) is 21.6 Å². The van der Waals surface area contributed by atoms with Crippen molar-refractivity contribution in [1.82, 2.24) is 29.5 Å². The first-order chi connectivity index (χ1) is 33.6. The third-order valence-electron chi connectivity index (χ3n) is 10.3. The molecule has 0 spiro atoms. The number of benzene rings is 6. The van der Waals surface area contributed by atoms with Gasteiger partial charge in [-0.25, -0.2) is 4.79 Å². The number of carbonyl (C=O) groups excluding carboxylic acids is 1. The Labute approximate surface area is 412 Å². The van der Waals surface area contributed by atoms with Gasteiger partial charge in [0.15, 0.2) is 23.0 Å². The first-order valence-electron chi connectivity index (χ1n) is 21.9. The largest absolute Gasteiger partial charge is 0.496 e. The molecule has 6 rings (SSSR count). The second-order valence-electron chi connectivity index (χ2n) is 15.3. The zero-order chi connectivity index (χ0) is 50.9. The number of rotatable bonds is 22. The van der Waals surface area contributed by atoms with Crippen molar-refractivity contribution in [2.45, 2.75) is 53.1 Å². The third kappa shape index (κ3) is 19.3. The fourth-order valence-corrected chi connectivity index (χ4v) is 8.00. The van der Waals surface area contributed by atoms with Crippen LogP contribution < -0.4 is 57.9 Å². The maximum Gasteiger partial charge on any atom is 0.315 e. The molecule has 0 aromatic heterocycles. The van der Waals surface area contributed by atoms with Crippen LogP contribution in [0, 0.1) is 13.8 Å². The lowest BCUT2D eigenvalue weighted by Crippen LogP contribution is -2.35. The van der Waals surface area contributed by atoms with Gasteiger partial charge in [-0.3, -0.25) is 0 Å². The predicted octanol–water partition coefficient (Wildman–Crippen LogP) is 6.98. The molecule has 0 aliphatic rings. The van der Waals surface area contributed by atoms with Crippen LogP contribution in [0.25, 0.3) is 0 Å². The van der Waals surface area contributed by atoms with E-state index in [-0.39, 0.29) is 32.2 Å². The van der Waals surface area contributed by atoms with Gasteiger partial charge < -0.3 is 39.1 Å². The molecule has 6 N–H and O–H groups in total. The Hall–Kier alpha value is -6.87. The van der Waals surface area contributed by atoms with Gasteiger partial charge in [0.25, 0.3) is 20.4 Å². The molecule has 17 nitrogen and oxygen atoms in total. The smallest absolute Gasteiger partial charge is 0.315 e. The van der Waals surface area contributed by atoms with E-state index in [1.54, 1.807) is 53.7 Å². The van der Waals surface area contributed by atoms with Crippen molar-refractivity contribution in [1.29, 1.82) is 0 Å². The van der Waals surface area contributed by atoms with Crippen molar-refractivity contribution in [3.05, 3.63) is 178 Å². The summed E-state index contributed by atoms with van der Waals surface area (Å²) in [6.45, 7) is 5.59. The second-order valence-corrected chi connectivity index (χ2v) is 18.5. The van der Waals surface area contributed by atoms with Gasteiger partial charge >= 0.3 is 6.03 Å². The number of urea groups is 1. The van der Waals surface area contributed by atoms with Crippen LogP contribution in [-0.2, 0) is 59.7 Å². The molecule has 0 atom stereocenters. The normalized spacial score (nSPS) is 10.9. The van der Waals surface area contributed by atoms with Gasteiger partial charge in [-0.2, -0.15) is 35.7 Å². The number of amides is 2. The highest BCUT2D eigenvalue weighted by atomic mass is 32.2. The third-order valence-corrected chi connectivity index (χ3v) is 12.4. The average molecular weight is 1000 g/mol. The van der Waals surface area contributed by atoms with Crippen molar-refractivity contribution in [3.63, 3.8) is 0 Å². The molecular formula is C51H64N6O11S2. The summed E-state index contributed by atoms with van der Waals surface area (Å²) >= 11 is 0. The highest BCUT2D eigenvalue weighted by Crippen LogP contribution is 2.28. The fraction of sp³-hybridized carbons (Fsp3) is 0.275. The quantitative estimate of drug-likeness (QED) is 0.0409. The molecule has 376 valence electrons. The van der Waals surface area contributed by atoms with E-state index in [1.807, 2.05) is 129 Å². The maximum absolute atomic E-state index is 12.2. The summed E-state index contributed by atoms with van der Waals surface area (Å²) in [6.07, 6.45) is 0. The van der Waals surface area contributed by atoms with Gasteiger partial charge in [-0.05, 0) is 94.8 Å². The van der Waals surface area contributed by atoms with Crippen LogP contribution in [-0.4, -0.2) is 65.5 Å². The summed E-state index contributed by atoms with van der Waals surface area (Å²) in [7, 11) is 2.33. The van der Waals surface area contributed by atoms with Crippen LogP contribution >= 0.6 is 0 Å². The molecule has 2 amide bonds. The molecule has 0 fully saturated rings. The number of aryl methyl sites for hydroxylation is 2. The van der Waals surface area contributed by atoms with E-state index in [0.29, 0.717) is 36.1 Å². The summed E-state index contributed by atoms with van der Waals surface area (Å²) in [5, 5.41) is 5.65. The number of hydrogen-bond acceptors (Lipinski definition) is 11. The molecule has 0 unspecified atom stereocenters. The summed E-state index contributed by atoms with van der Waals surface area (Å²) in [5.41, 5.74) is 7.36. The summed E-state index contributed by atoms with van der Waals surface area (Å²) in [4.78, 5) is 12.0. The van der Waals surface area contributed by atoms with Crippen molar-refractivity contribution < 1.29 is 50.1 Å². The van der Waals surface area contributed by atoms with E-state index in [2.05, 4.69) is 29.5 Å². The molecule has 0 bridgehead atoms. The number of hydrogen-bond donors (Lipinski definition) is 6. The Morgan fingerprint density at radius 1 is 0.357 bits per heavy atom. The SMILES string of the molecule is COc1cc(CNC(=O)NCc2ccc(OC)c(OC)c2)ccc1C.COc1cc(CNS(=O)(=O)NCc2ccc(OC)c(OC)c2)ccc1C.O=S(=O)(NCc1ccccc1)NCc1ccccc1. The number of carbonyl (C=O) groups is 1. The van der Waals surface area contributed by atoms with Crippen LogP contribution in [0.3, 0.4) is 0 Å². The Morgan fingerprint density at radius 3 is 0.971 bits per heavy atom. The minimum Gasteiger partial charge on any atom is -0.496 e. The number of ether oxygens (including phenoxy) is 6. The zero-order valence-corrected chi connectivity index (χ0v) is 42.4. The van der Waals surface area contributed by atoms with Gasteiger partial charge in [0.05, 0.1) is 42.7 Å². The molecule has 0 saturated heterocycles. The molecule has 0 aliphatic heterocycles. The van der Waals surface area contributed by atoms with Crippen molar-refractivity contribution in [3.8, 4) is 34.5 Å². The maximum atomic E-state index is 12.2. The van der Waals surface area contributed by atoms with Crippen molar-refractivity contribution in [2.75, 3.05) is 42.7 Å². The number of methoxy groups -OCH3 is 6. The molecule has 6 aromatic rings. The van der Waals surface area contributed by atoms with Gasteiger partial charge in [0.2, 0.25) is 0 Å². The first kappa shape index (κ1) is 55.7. The Balaban J connectivity index is 0.000000231. The summed E-state index contributed by atoms with van der Waals surface area (Å²) in [5.74, 6) is 3.96. The molecule has 0 radical (unpaired) electrons. The van der Waals surface area contributed by atoms with Crippen molar-refractivity contribution in [2.24, 2.45) is 0 Å². The topological polar surface area (TPSA) is 213 Å². The first-order valence-corrected chi connectivity index (χ1v) is 24.8. The Kier molecular flexibility index (Phi) is 22.8. The van der Waals surface area contributed by atoms with Gasteiger partial charge in [0.1, 0.15) is 11.5 Å². The van der Waals surface area contributed by atoms with E-state index in [4.69, 9.17) is 28.4 Å². The Morgan fingerprint density at radius 2 is 0.643 bits per heavy atom. The molecular weight excluding hydrogens is 937 g/mol. The summed E-state index contributed by atoms with van der Waals surface area (Å²) in [6, 6.07) is 40.7. The molecule has 19 heteroatoms. The number of nitrogens with one attached hydrogen (secondary N) is 6. The highest BCUT2D eigenvalue weighted by Gasteiger charge is 2.13. The standard InChI is InChI=1S/C19H24N2O4.C18H24N2O5S.C14H16N2O2S/c1-13-5-6-14(9-17(13)24-3)11-20-19(22)21-12-15-7-8-16(23-2)18(10-15)25-4;1-13-5-6-14(9-17(13)24-3)11-19-26(21,22)20-12-15-7-8-16(23-2)18(10-15)25-4;17-19(18,15-11-13-7-3-1-4-8-13)16-12-14-9-5-2-6-10-14/h5-10H,11-12H2,1-4H3,(H2,20,21,22);5-10,19-20H,11-12H2,1-4H3;1-10,15-16H,11-12H2. The van der Waals surface area contributed by atoms with E-state index < -0.39 is 20.4 Å². The van der Waals surface area contributed by atoms with E-state index in [1.165, 1.54) is 7.11 Å². The van der Waals surface area contributed by atoms with Crippen LogP contribution in [0.5, 0.6) is 34.5 Å². The lowest BCUT2D eigenvalue weighted by atomic mass is 10.1. The van der Waals surface area contributed by atoms with Crippen LogP contribution in [0.15, 0.2) is 133 Å². The zero-order valence-electron chi connectivity index (χ0n) is 40.8. The Bertz CT molecular complexity index is 2740. The van der Waals surface area contributed by atoms with Crippen LogP contribution in [0.4, 0.5) is 4.79 Å². The second kappa shape index (κ2) is 28.6. The average Bonchev–Trinajstić information content (AvgIpc) is 3.38. The molecule has 0 heterocycles. The summed E-state index contributed by atoms with van der Waals surface area (Å²) < 4.78 is 89.3. The van der Waals surface area contributed by atoms with E-state index in [0.717, 1.165) is 56.0 Å². The van der Waals surface area contributed by atoms with Gasteiger partial charge in [0, 0.05) is 39.3 Å². The minimum absolute atomic E-state index is 0.132. The monoisotopic (exact) mass is 1000 g/mol. The molecule has 0 saturated carbocycles. The minimum atomic E-state index is -3.66. The van der Waals surface area contributed by atoms with Crippen LogP contribution in [0.1, 0.15) is 44.5 Å². The van der Waals surface area contributed by atoms with Gasteiger partial charge in [-0.15, -0.1) is 0 Å². The molecule has 70 heavy (non-hydrogen) atoms. The lowest BCUT2D eigenvalue weighted by molar-refractivity contribution is 0.240. The fourth-order valence-electron chi connectivity index (χ4n) is 6.36. The predicted molar refractivity (Wildman–Crippen MR) is 272 cm³/mol. The highest BCUT2D eigenvalue weighted by molar-refractivity contribution is 7.87. The lowest BCUT2D eigenvalue weighted by Gasteiger charge is -2.12. The van der Waals surface area contributed by atoms with Crippen LogP contribution in [0.2, 0.25) is 0 Å². The molecule has 6 aromatic carbocycles. The van der Waals surface area contributed by atoms with Crippen molar-refractivity contribution >= 4 is 26.4 Å². The molecule has 0 aliphatic carbocycles. The van der Waals surface area contributed by atoms with E-state index >= 15 is 0 Å². The van der Waals surface area contributed by atoms with Gasteiger partial charge in [-0.1, -0.05) is 97.1 Å².